The van der Waals surface area contributed by atoms with Crippen LogP contribution in [0.4, 0.5) is 0 Å². The Balaban J connectivity index is 0.00000211. The minimum Gasteiger partial charge on any atom is -0.393 e. The molecule has 130 valence electrons. The summed E-state index contributed by atoms with van der Waals surface area (Å²) in [6, 6.07) is -0.519. The molecule has 22 heavy (non-hydrogen) atoms. The van der Waals surface area contributed by atoms with Crippen molar-refractivity contribution >= 4 is 11.8 Å². The number of hydrogen-bond donors (Lipinski definition) is 3. The smallest absolute Gasteiger partial charge is 0.242 e. The molecular weight excluding hydrogens is 280 g/mol. The van der Waals surface area contributed by atoms with E-state index < -0.39 is 6.04 Å². The summed E-state index contributed by atoms with van der Waals surface area (Å²) in [5.74, 6) is 0.0866. The number of carbonyl (C=O) groups is 2. The molecule has 3 N–H and O–H groups in total. The van der Waals surface area contributed by atoms with Crippen LogP contribution in [0.5, 0.6) is 0 Å². The fourth-order valence-corrected chi connectivity index (χ4v) is 2.65. The average Bonchev–Trinajstić information content (AvgIpc) is 2.47. The van der Waals surface area contributed by atoms with Gasteiger partial charge in [0.25, 0.3) is 0 Å². The third-order valence-corrected chi connectivity index (χ3v) is 3.97. The van der Waals surface area contributed by atoms with Crippen molar-refractivity contribution in [2.75, 3.05) is 7.05 Å². The van der Waals surface area contributed by atoms with E-state index in [0.717, 1.165) is 25.7 Å². The second kappa shape index (κ2) is 9.82. The normalized spacial score (nSPS) is 22.9. The van der Waals surface area contributed by atoms with E-state index in [1.807, 2.05) is 34.6 Å². The zero-order valence-corrected chi connectivity index (χ0v) is 15.0. The lowest BCUT2D eigenvalue weighted by Gasteiger charge is -2.31. The van der Waals surface area contributed by atoms with Crippen LogP contribution in [0.1, 0.15) is 66.7 Å². The van der Waals surface area contributed by atoms with Crippen LogP contribution in [0.3, 0.4) is 0 Å². The summed E-state index contributed by atoms with van der Waals surface area (Å²) in [7, 11) is 1.58. The van der Waals surface area contributed by atoms with Gasteiger partial charge in [-0.05, 0) is 37.0 Å². The van der Waals surface area contributed by atoms with Crippen LogP contribution >= 0.6 is 0 Å². The molecule has 1 fully saturated rings. The minimum absolute atomic E-state index is 0.0742. The topological polar surface area (TPSA) is 78.4 Å². The van der Waals surface area contributed by atoms with Gasteiger partial charge in [-0.15, -0.1) is 0 Å². The van der Waals surface area contributed by atoms with E-state index >= 15 is 0 Å². The molecule has 2 amide bonds. The molecule has 0 radical (unpaired) electrons. The van der Waals surface area contributed by atoms with Crippen LogP contribution in [-0.2, 0) is 9.59 Å². The summed E-state index contributed by atoms with van der Waals surface area (Å²) in [5, 5.41) is 14.9. The fraction of sp³-hybridized carbons (Fsp3) is 0.882. The SMILES string of the molecule is CC.CNC(=O)C(NC(=O)CC1CCC(O)CC1)C(C)(C)C. The van der Waals surface area contributed by atoms with Crippen LogP contribution in [0.25, 0.3) is 0 Å². The van der Waals surface area contributed by atoms with Gasteiger partial charge in [0.2, 0.25) is 11.8 Å². The molecule has 0 aromatic heterocycles. The van der Waals surface area contributed by atoms with Gasteiger partial charge in [-0.3, -0.25) is 9.59 Å². The number of nitrogens with one attached hydrogen (secondary N) is 2. The van der Waals surface area contributed by atoms with Crippen molar-refractivity contribution in [3.63, 3.8) is 0 Å². The van der Waals surface area contributed by atoms with Crippen molar-refractivity contribution in [3.8, 4) is 0 Å². The van der Waals surface area contributed by atoms with Gasteiger partial charge in [0, 0.05) is 13.5 Å². The maximum atomic E-state index is 12.1. The second-order valence-corrected chi connectivity index (χ2v) is 6.86. The Labute approximate surface area is 135 Å². The highest BCUT2D eigenvalue weighted by molar-refractivity contribution is 5.88. The molecule has 0 saturated heterocycles. The van der Waals surface area contributed by atoms with E-state index in [9.17, 15) is 14.7 Å². The summed E-state index contributed by atoms with van der Waals surface area (Å²) < 4.78 is 0. The Kier molecular flexibility index (Phi) is 9.33. The van der Waals surface area contributed by atoms with Crippen LogP contribution in [0.2, 0.25) is 0 Å². The number of amides is 2. The van der Waals surface area contributed by atoms with Crippen LogP contribution in [0.15, 0.2) is 0 Å². The summed E-state index contributed by atoms with van der Waals surface area (Å²) in [5.41, 5.74) is -0.321. The molecule has 1 aliphatic rings. The summed E-state index contributed by atoms with van der Waals surface area (Å²) in [6.07, 6.45) is 3.55. The Bertz CT molecular complexity index is 342. The van der Waals surface area contributed by atoms with E-state index in [1.54, 1.807) is 7.05 Å². The Morgan fingerprint density at radius 2 is 1.64 bits per heavy atom. The zero-order chi connectivity index (χ0) is 17.3. The van der Waals surface area contributed by atoms with Gasteiger partial charge in [0.05, 0.1) is 6.10 Å². The van der Waals surface area contributed by atoms with Gasteiger partial charge in [0.15, 0.2) is 0 Å². The summed E-state index contributed by atoms with van der Waals surface area (Å²) >= 11 is 0. The number of carbonyl (C=O) groups excluding carboxylic acids is 2. The zero-order valence-electron chi connectivity index (χ0n) is 15.0. The average molecular weight is 314 g/mol. The van der Waals surface area contributed by atoms with Crippen LogP contribution < -0.4 is 10.6 Å². The van der Waals surface area contributed by atoms with Gasteiger partial charge in [0.1, 0.15) is 6.04 Å². The molecule has 0 aromatic carbocycles. The van der Waals surface area contributed by atoms with Crippen molar-refractivity contribution < 1.29 is 14.7 Å². The third-order valence-electron chi connectivity index (χ3n) is 3.97. The molecule has 0 heterocycles. The van der Waals surface area contributed by atoms with Crippen molar-refractivity contribution in [1.29, 1.82) is 0 Å². The first-order valence-electron chi connectivity index (χ1n) is 8.43. The van der Waals surface area contributed by atoms with Crippen molar-refractivity contribution in [2.24, 2.45) is 11.3 Å². The van der Waals surface area contributed by atoms with Gasteiger partial charge in [-0.25, -0.2) is 0 Å². The van der Waals surface area contributed by atoms with Crippen LogP contribution in [0, 0.1) is 11.3 Å². The molecule has 1 unspecified atom stereocenters. The molecule has 0 aliphatic heterocycles. The fourth-order valence-electron chi connectivity index (χ4n) is 2.65. The molecule has 0 spiro atoms. The molecule has 0 bridgehead atoms. The molecule has 5 heteroatoms. The first-order valence-corrected chi connectivity index (χ1v) is 8.43. The molecule has 5 nitrogen and oxygen atoms in total. The van der Waals surface area contributed by atoms with E-state index in [1.165, 1.54) is 0 Å². The number of aliphatic hydroxyl groups excluding tert-OH is 1. The monoisotopic (exact) mass is 314 g/mol. The number of likely N-dealkylation sites (N-methyl/N-ethyl adjacent to an activating group) is 1. The van der Waals surface area contributed by atoms with Gasteiger partial charge < -0.3 is 15.7 Å². The maximum absolute atomic E-state index is 12.1. The quantitative estimate of drug-likeness (QED) is 0.744. The van der Waals surface area contributed by atoms with Gasteiger partial charge >= 0.3 is 0 Å². The predicted octanol–water partition coefficient (Wildman–Crippen LogP) is 2.23. The number of hydrogen-bond acceptors (Lipinski definition) is 3. The lowest BCUT2D eigenvalue weighted by Crippen LogP contribution is -2.53. The second-order valence-electron chi connectivity index (χ2n) is 6.86. The summed E-state index contributed by atoms with van der Waals surface area (Å²) in [4.78, 5) is 24.0. The Hall–Kier alpha value is -1.10. The molecule has 1 aliphatic carbocycles. The Morgan fingerprint density at radius 1 is 1.14 bits per heavy atom. The van der Waals surface area contributed by atoms with Crippen molar-refractivity contribution in [1.82, 2.24) is 10.6 Å². The largest absolute Gasteiger partial charge is 0.393 e. The Morgan fingerprint density at radius 3 is 2.05 bits per heavy atom. The maximum Gasteiger partial charge on any atom is 0.242 e. The highest BCUT2D eigenvalue weighted by atomic mass is 16.3. The molecule has 1 rings (SSSR count). The van der Waals surface area contributed by atoms with E-state index in [4.69, 9.17) is 0 Å². The molecular formula is C17H34N2O3. The van der Waals surface area contributed by atoms with Crippen LogP contribution in [-0.4, -0.2) is 36.1 Å². The first kappa shape index (κ1) is 20.9. The highest BCUT2D eigenvalue weighted by Gasteiger charge is 2.32. The summed E-state index contributed by atoms with van der Waals surface area (Å²) in [6.45, 7) is 9.80. The van der Waals surface area contributed by atoms with Gasteiger partial charge in [-0.1, -0.05) is 34.6 Å². The first-order chi connectivity index (χ1) is 10.2. The third kappa shape index (κ3) is 7.25. The minimum atomic E-state index is -0.519. The molecule has 1 saturated carbocycles. The van der Waals surface area contributed by atoms with Crippen molar-refractivity contribution in [2.45, 2.75) is 78.9 Å². The van der Waals surface area contributed by atoms with E-state index in [0.29, 0.717) is 12.3 Å². The predicted molar refractivity (Wildman–Crippen MR) is 89.4 cm³/mol. The van der Waals surface area contributed by atoms with Crippen molar-refractivity contribution in [3.05, 3.63) is 0 Å². The standard InChI is InChI=1S/C15H28N2O3.C2H6/c1-15(2,3)13(14(20)16-4)17-12(19)9-10-5-7-11(18)8-6-10;1-2/h10-11,13,18H,5-9H2,1-4H3,(H,16,20)(H,17,19);1-2H3. The number of aliphatic hydroxyl groups is 1. The van der Waals surface area contributed by atoms with E-state index in [-0.39, 0.29) is 23.3 Å². The number of rotatable bonds is 4. The lowest BCUT2D eigenvalue weighted by atomic mass is 9.84. The molecule has 1 atom stereocenters. The van der Waals surface area contributed by atoms with Gasteiger partial charge in [-0.2, -0.15) is 0 Å². The van der Waals surface area contributed by atoms with E-state index in [2.05, 4.69) is 10.6 Å². The highest BCUT2D eigenvalue weighted by Crippen LogP contribution is 2.27. The lowest BCUT2D eigenvalue weighted by molar-refractivity contribution is -0.131. The molecule has 0 aromatic rings.